The fourth-order valence-corrected chi connectivity index (χ4v) is 8.36. The van der Waals surface area contributed by atoms with Gasteiger partial charge in [-0.1, -0.05) is 27.2 Å². The third-order valence-electron chi connectivity index (χ3n) is 12.1. The molecule has 0 heterocycles. The number of nitrogens with two attached hydrogens (primary N) is 3. The minimum Gasteiger partial charge on any atom is -0.396 e. The number of aliphatic hydroxyl groups excluding tert-OH is 1. The van der Waals surface area contributed by atoms with Crippen molar-refractivity contribution in [1.82, 2.24) is 31.9 Å². The van der Waals surface area contributed by atoms with Crippen LogP contribution in [-0.4, -0.2) is 242 Å². The quantitative estimate of drug-likeness (QED) is 0.0190. The van der Waals surface area contributed by atoms with E-state index in [1.165, 1.54) is 0 Å². The van der Waals surface area contributed by atoms with E-state index in [0.717, 1.165) is 6.66 Å². The minimum atomic E-state index is -3.65. The number of nitrogens with one attached hydrogen (secondary N) is 6. The van der Waals surface area contributed by atoms with Crippen LogP contribution in [0.5, 0.6) is 0 Å². The standard InChI is InChI=1S/C53H106N9O22P/c1-43(35-47(64)57-14-8-5-11-44(37-63)38-84-85(4,70)71)36-53(2,3)42-60-51(68)45(12-6-9-15-58-48(65)39-78-26-23-72-17-20-75-29-32-81-54)62-52(69)46(61-50(67)41-80-28-25-74-19-22-77-31-34-83-56)13-7-10-16-59-49(66)40-79-27-24-73-18-21-76-30-33-82-55/h43-46,63H,5-42,54-56H2,1-4H3,(H,57,64)(H,58,65)(H,59,66)(H,60,68)(H,61,67)(H,62,69)(H,70,71). The van der Waals surface area contributed by atoms with Crippen molar-refractivity contribution in [3.63, 3.8) is 0 Å². The van der Waals surface area contributed by atoms with E-state index in [9.17, 15) is 43.3 Å². The van der Waals surface area contributed by atoms with Gasteiger partial charge < -0.3 is 104 Å². The lowest BCUT2D eigenvalue weighted by atomic mass is 9.82. The predicted octanol–water partition coefficient (Wildman–Crippen LogP) is -1.37. The van der Waals surface area contributed by atoms with Crippen LogP contribution in [0.1, 0.15) is 91.4 Å². The molecule has 0 aliphatic heterocycles. The van der Waals surface area contributed by atoms with E-state index in [1.54, 1.807) is 0 Å². The molecule has 85 heavy (non-hydrogen) atoms. The van der Waals surface area contributed by atoms with Crippen LogP contribution in [0.15, 0.2) is 0 Å². The number of ether oxygens (including phenoxy) is 9. The van der Waals surface area contributed by atoms with Crippen LogP contribution < -0.4 is 49.6 Å². The maximum absolute atomic E-state index is 14.2. The Kier molecular flexibility index (Phi) is 53.2. The van der Waals surface area contributed by atoms with Crippen LogP contribution in [0.2, 0.25) is 0 Å². The Bertz CT molecular complexity index is 1750. The Balaban J connectivity index is 5.73. The van der Waals surface area contributed by atoms with E-state index in [-0.39, 0.29) is 168 Å². The van der Waals surface area contributed by atoms with Gasteiger partial charge in [-0.25, -0.2) is 17.7 Å². The summed E-state index contributed by atoms with van der Waals surface area (Å²) in [6, 6.07) is -2.16. The van der Waals surface area contributed by atoms with Crippen LogP contribution in [0.4, 0.5) is 0 Å². The molecule has 0 saturated heterocycles. The summed E-state index contributed by atoms with van der Waals surface area (Å²) in [6.07, 6.45) is 4.67. The van der Waals surface area contributed by atoms with Gasteiger partial charge in [-0.3, -0.25) is 33.3 Å². The number of hydrogen-bond acceptors (Lipinski definition) is 24. The monoisotopic (exact) mass is 1250 g/mol. The van der Waals surface area contributed by atoms with Crippen molar-refractivity contribution in [3.8, 4) is 0 Å². The summed E-state index contributed by atoms with van der Waals surface area (Å²) in [6.45, 7) is 12.0. The van der Waals surface area contributed by atoms with E-state index in [1.807, 2.05) is 20.8 Å². The number of carbonyl (C=O) groups is 6. The first kappa shape index (κ1) is 81.3. The van der Waals surface area contributed by atoms with E-state index < -0.39 is 42.8 Å². The van der Waals surface area contributed by atoms with E-state index >= 15 is 0 Å². The highest BCUT2D eigenvalue weighted by Gasteiger charge is 2.29. The fourth-order valence-electron chi connectivity index (χ4n) is 7.87. The van der Waals surface area contributed by atoms with Crippen molar-refractivity contribution in [3.05, 3.63) is 0 Å². The van der Waals surface area contributed by atoms with Gasteiger partial charge in [0.2, 0.25) is 35.4 Å². The molecule has 0 aromatic heterocycles. The molecular weight excluding hydrogens is 1150 g/mol. The SMILES string of the molecule is CC(CC(=O)NCCCCC(CO)COP(C)(=O)O)CC(C)(C)CNC(=O)C(CCCCNC(=O)COCCOCCOCCON)NC(=O)C(CCCCNC(=O)COCCOCCOCCON)NC(=O)COCCOCCOCCON. The number of unbranched alkanes of at least 4 members (excludes halogenated alkanes) is 3. The second-order valence-corrected chi connectivity index (χ2v) is 22.6. The molecule has 14 N–H and O–H groups in total. The molecule has 31 nitrogen and oxygen atoms in total. The van der Waals surface area contributed by atoms with Crippen LogP contribution in [0.25, 0.3) is 0 Å². The zero-order valence-electron chi connectivity index (χ0n) is 50.9. The molecule has 0 fully saturated rings. The molecule has 0 rings (SSSR count). The average Bonchev–Trinajstić information content (AvgIpc) is 3.55. The highest BCUT2D eigenvalue weighted by Crippen LogP contribution is 2.37. The largest absolute Gasteiger partial charge is 0.396 e. The molecule has 0 aromatic carbocycles. The Hall–Kier alpha value is -3.67. The predicted molar refractivity (Wildman–Crippen MR) is 310 cm³/mol. The van der Waals surface area contributed by atoms with Gasteiger partial charge in [0.05, 0.1) is 126 Å². The number of amides is 6. The summed E-state index contributed by atoms with van der Waals surface area (Å²) in [5.41, 5.74) is -0.489. The first-order valence-corrected chi connectivity index (χ1v) is 31.3. The Morgan fingerprint density at radius 3 is 1.25 bits per heavy atom. The van der Waals surface area contributed by atoms with Gasteiger partial charge in [0, 0.05) is 51.8 Å². The molecule has 32 heteroatoms. The first-order chi connectivity index (χ1) is 40.9. The summed E-state index contributed by atoms with van der Waals surface area (Å²) in [4.78, 5) is 102. The highest BCUT2D eigenvalue weighted by atomic mass is 31.2. The normalized spacial score (nSPS) is 13.8. The summed E-state index contributed by atoms with van der Waals surface area (Å²) in [5, 5.41) is 26.7. The molecule has 0 spiro atoms. The van der Waals surface area contributed by atoms with Gasteiger partial charge >= 0.3 is 7.60 Å². The maximum atomic E-state index is 14.2. The molecule has 500 valence electrons. The van der Waals surface area contributed by atoms with Crippen molar-refractivity contribution in [2.24, 2.45) is 34.9 Å². The van der Waals surface area contributed by atoms with E-state index in [0.29, 0.717) is 111 Å². The van der Waals surface area contributed by atoms with Crippen LogP contribution >= 0.6 is 7.60 Å². The highest BCUT2D eigenvalue weighted by molar-refractivity contribution is 7.51. The van der Waals surface area contributed by atoms with Gasteiger partial charge in [0.25, 0.3) is 0 Å². The molecule has 0 radical (unpaired) electrons. The molecule has 5 atom stereocenters. The van der Waals surface area contributed by atoms with Gasteiger partial charge in [0.15, 0.2) is 0 Å². The lowest BCUT2D eigenvalue weighted by Crippen LogP contribution is -2.54. The Morgan fingerprint density at radius 2 is 0.847 bits per heavy atom. The summed E-state index contributed by atoms with van der Waals surface area (Å²) < 4.78 is 64.8. The van der Waals surface area contributed by atoms with E-state index in [2.05, 4.69) is 46.4 Å². The number of carbonyl (C=O) groups excluding carboxylic acids is 6. The number of aliphatic hydroxyl groups is 1. The Labute approximate surface area is 501 Å². The second kappa shape index (κ2) is 55.6. The fraction of sp³-hybridized carbons (Fsp3) is 0.887. The number of hydrogen-bond donors (Lipinski definition) is 11. The van der Waals surface area contributed by atoms with Crippen LogP contribution in [-0.2, 0) is 95.0 Å². The zero-order valence-corrected chi connectivity index (χ0v) is 51.8. The van der Waals surface area contributed by atoms with Gasteiger partial charge in [0.1, 0.15) is 31.9 Å². The summed E-state index contributed by atoms with van der Waals surface area (Å²) >= 11 is 0. The molecule has 0 saturated carbocycles. The molecule has 0 bridgehead atoms. The van der Waals surface area contributed by atoms with Crippen LogP contribution in [0.3, 0.4) is 0 Å². The molecule has 6 amide bonds. The maximum Gasteiger partial charge on any atom is 0.325 e. The van der Waals surface area contributed by atoms with Crippen molar-refractivity contribution >= 4 is 43.0 Å². The Morgan fingerprint density at radius 1 is 0.482 bits per heavy atom. The molecule has 0 aromatic rings. The smallest absolute Gasteiger partial charge is 0.325 e. The lowest BCUT2D eigenvalue weighted by molar-refractivity contribution is -0.134. The van der Waals surface area contributed by atoms with Crippen molar-refractivity contribution in [2.75, 3.05) is 185 Å². The van der Waals surface area contributed by atoms with Crippen molar-refractivity contribution < 1.29 is 105 Å². The van der Waals surface area contributed by atoms with Crippen molar-refractivity contribution in [2.45, 2.75) is 103 Å². The van der Waals surface area contributed by atoms with Crippen molar-refractivity contribution in [1.29, 1.82) is 0 Å². The lowest BCUT2D eigenvalue weighted by Gasteiger charge is -2.30. The van der Waals surface area contributed by atoms with E-state index in [4.69, 9.17) is 64.8 Å². The first-order valence-electron chi connectivity index (χ1n) is 29.2. The van der Waals surface area contributed by atoms with Gasteiger partial charge in [-0.15, -0.1) is 0 Å². The van der Waals surface area contributed by atoms with Crippen LogP contribution in [0, 0.1) is 17.3 Å². The molecule has 5 unspecified atom stereocenters. The van der Waals surface area contributed by atoms with Gasteiger partial charge in [-0.2, -0.15) is 0 Å². The second-order valence-electron chi connectivity index (χ2n) is 20.7. The third kappa shape index (κ3) is 54.2. The summed E-state index contributed by atoms with van der Waals surface area (Å²) in [7, 11) is -3.65. The average molecular weight is 1250 g/mol. The minimum absolute atomic E-state index is 0.0350. The third-order valence-corrected chi connectivity index (χ3v) is 12.7. The zero-order chi connectivity index (χ0) is 63.1. The number of rotatable bonds is 62. The molecular formula is C53H106N9O22P. The molecule has 0 aliphatic rings. The molecule has 0 aliphatic carbocycles. The summed E-state index contributed by atoms with van der Waals surface area (Å²) in [5.74, 6) is 12.0. The topological polar surface area (TPSA) is 430 Å². The van der Waals surface area contributed by atoms with Gasteiger partial charge in [-0.05, 0) is 69.1 Å².